The molecule has 96 valence electrons. The van der Waals surface area contributed by atoms with E-state index >= 15 is 0 Å². The molecule has 1 unspecified atom stereocenters. The van der Waals surface area contributed by atoms with Gasteiger partial charge < -0.3 is 5.11 Å². The number of hydrogen-bond donors (Lipinski definition) is 1. The van der Waals surface area contributed by atoms with Crippen LogP contribution in [0.2, 0.25) is 5.02 Å². The Bertz CT molecular complexity index is 738. The van der Waals surface area contributed by atoms with Gasteiger partial charge in [-0.2, -0.15) is 0 Å². The number of rotatable bonds is 2. The van der Waals surface area contributed by atoms with E-state index in [0.717, 1.165) is 15.6 Å². The third kappa shape index (κ3) is 2.25. The van der Waals surface area contributed by atoms with Crippen LogP contribution in [-0.4, -0.2) is 5.11 Å². The van der Waals surface area contributed by atoms with Crippen LogP contribution in [0.1, 0.15) is 17.2 Å². The summed E-state index contributed by atoms with van der Waals surface area (Å²) in [5.74, 6) is -0.516. The summed E-state index contributed by atoms with van der Waals surface area (Å²) in [4.78, 5) is 0. The van der Waals surface area contributed by atoms with Gasteiger partial charge in [-0.1, -0.05) is 35.9 Å². The van der Waals surface area contributed by atoms with Crippen LogP contribution in [0, 0.1) is 5.82 Å². The van der Waals surface area contributed by atoms with Crippen LogP contribution in [0.5, 0.6) is 0 Å². The molecule has 19 heavy (non-hydrogen) atoms. The molecule has 0 radical (unpaired) electrons. The third-order valence-corrected chi connectivity index (χ3v) is 4.35. The van der Waals surface area contributed by atoms with Gasteiger partial charge in [-0.15, -0.1) is 11.3 Å². The summed E-state index contributed by atoms with van der Waals surface area (Å²) >= 11 is 7.22. The van der Waals surface area contributed by atoms with Gasteiger partial charge in [-0.05, 0) is 34.5 Å². The van der Waals surface area contributed by atoms with Crippen LogP contribution in [-0.2, 0) is 0 Å². The first kappa shape index (κ1) is 12.6. The molecule has 0 spiro atoms. The highest BCUT2D eigenvalue weighted by Crippen LogP contribution is 2.34. The van der Waals surface area contributed by atoms with Crippen molar-refractivity contribution in [3.8, 4) is 0 Å². The lowest BCUT2D eigenvalue weighted by atomic mass is 10.0. The fraction of sp³-hybridized carbons (Fsp3) is 0.0667. The zero-order chi connectivity index (χ0) is 13.4. The van der Waals surface area contributed by atoms with E-state index in [0.29, 0.717) is 5.56 Å². The highest BCUT2D eigenvalue weighted by molar-refractivity contribution is 7.17. The second-order valence-corrected chi connectivity index (χ2v) is 5.58. The highest BCUT2D eigenvalue weighted by atomic mass is 35.5. The number of benzene rings is 2. The van der Waals surface area contributed by atoms with Crippen molar-refractivity contribution in [3.05, 3.63) is 69.8 Å². The quantitative estimate of drug-likeness (QED) is 0.721. The van der Waals surface area contributed by atoms with Crippen LogP contribution in [0.3, 0.4) is 0 Å². The molecule has 0 amide bonds. The molecule has 1 aromatic heterocycles. The van der Waals surface area contributed by atoms with E-state index in [-0.39, 0.29) is 5.02 Å². The zero-order valence-corrected chi connectivity index (χ0v) is 11.4. The smallest absolute Gasteiger partial charge is 0.142 e. The largest absolute Gasteiger partial charge is 0.384 e. The highest BCUT2D eigenvalue weighted by Gasteiger charge is 2.16. The fourth-order valence-electron chi connectivity index (χ4n) is 2.07. The van der Waals surface area contributed by atoms with E-state index in [1.54, 1.807) is 17.4 Å². The Balaban J connectivity index is 2.08. The van der Waals surface area contributed by atoms with E-state index in [9.17, 15) is 9.50 Å². The van der Waals surface area contributed by atoms with Gasteiger partial charge in [0, 0.05) is 10.3 Å². The summed E-state index contributed by atoms with van der Waals surface area (Å²) in [6.45, 7) is 0. The Morgan fingerprint density at radius 2 is 1.95 bits per heavy atom. The average molecular weight is 293 g/mol. The molecular formula is C15H10ClFOS. The average Bonchev–Trinajstić information content (AvgIpc) is 2.85. The van der Waals surface area contributed by atoms with Crippen LogP contribution < -0.4 is 0 Å². The van der Waals surface area contributed by atoms with Crippen molar-refractivity contribution < 1.29 is 9.50 Å². The maximum Gasteiger partial charge on any atom is 0.142 e. The van der Waals surface area contributed by atoms with Crippen molar-refractivity contribution >= 4 is 33.0 Å². The normalized spacial score (nSPS) is 12.8. The predicted octanol–water partition coefficient (Wildman–Crippen LogP) is 4.78. The van der Waals surface area contributed by atoms with Gasteiger partial charge in [-0.25, -0.2) is 4.39 Å². The van der Waals surface area contributed by atoms with Gasteiger partial charge in [0.25, 0.3) is 0 Å². The first-order valence-corrected chi connectivity index (χ1v) is 7.02. The van der Waals surface area contributed by atoms with Crippen molar-refractivity contribution in [2.75, 3.05) is 0 Å². The molecule has 1 heterocycles. The van der Waals surface area contributed by atoms with Crippen molar-refractivity contribution in [2.45, 2.75) is 6.10 Å². The van der Waals surface area contributed by atoms with Crippen LogP contribution in [0.15, 0.2) is 47.8 Å². The number of fused-ring (bicyclic) bond motifs is 1. The van der Waals surface area contributed by atoms with Gasteiger partial charge in [0.2, 0.25) is 0 Å². The second kappa shape index (κ2) is 4.93. The molecule has 0 aliphatic carbocycles. The topological polar surface area (TPSA) is 20.2 Å². The lowest BCUT2D eigenvalue weighted by Gasteiger charge is -2.11. The van der Waals surface area contributed by atoms with Gasteiger partial charge >= 0.3 is 0 Å². The zero-order valence-electron chi connectivity index (χ0n) is 9.81. The summed E-state index contributed by atoms with van der Waals surface area (Å²) in [6.07, 6.45) is -0.845. The summed E-state index contributed by atoms with van der Waals surface area (Å²) in [5.41, 5.74) is 1.30. The minimum Gasteiger partial charge on any atom is -0.384 e. The molecule has 0 saturated carbocycles. The second-order valence-electron chi connectivity index (χ2n) is 4.26. The molecule has 2 aromatic carbocycles. The molecule has 0 bridgehead atoms. The van der Waals surface area contributed by atoms with E-state index in [1.165, 1.54) is 12.1 Å². The molecule has 3 aromatic rings. The van der Waals surface area contributed by atoms with E-state index in [4.69, 9.17) is 11.6 Å². The molecule has 4 heteroatoms. The number of hydrogen-bond acceptors (Lipinski definition) is 2. The van der Waals surface area contributed by atoms with Crippen molar-refractivity contribution in [3.63, 3.8) is 0 Å². The van der Waals surface area contributed by atoms with Crippen molar-refractivity contribution in [1.82, 2.24) is 0 Å². The van der Waals surface area contributed by atoms with Crippen molar-refractivity contribution in [1.29, 1.82) is 0 Å². The van der Waals surface area contributed by atoms with E-state index in [1.807, 2.05) is 29.6 Å². The molecule has 1 N–H and O–H groups in total. The van der Waals surface area contributed by atoms with Gasteiger partial charge in [0.1, 0.15) is 11.9 Å². The van der Waals surface area contributed by atoms with Gasteiger partial charge in [0.05, 0.1) is 5.02 Å². The Morgan fingerprint density at radius 1 is 1.16 bits per heavy atom. The fourth-order valence-corrected chi connectivity index (χ4v) is 3.17. The Morgan fingerprint density at radius 3 is 2.74 bits per heavy atom. The molecule has 3 rings (SSSR count). The molecular weight excluding hydrogens is 283 g/mol. The third-order valence-electron chi connectivity index (χ3n) is 3.06. The SMILES string of the molecule is OC(c1ccc(Cl)c(F)c1)c1csc2ccccc12. The van der Waals surface area contributed by atoms with E-state index in [2.05, 4.69) is 0 Å². The number of thiophene rings is 1. The number of aliphatic hydroxyl groups excluding tert-OH is 1. The minimum absolute atomic E-state index is 0.0612. The van der Waals surface area contributed by atoms with Gasteiger partial charge in [0.15, 0.2) is 0 Å². The Kier molecular flexibility index (Phi) is 3.27. The number of halogens is 2. The number of aliphatic hydroxyl groups is 1. The van der Waals surface area contributed by atoms with Crippen molar-refractivity contribution in [2.24, 2.45) is 0 Å². The first-order valence-electron chi connectivity index (χ1n) is 5.76. The summed E-state index contributed by atoms with van der Waals surface area (Å²) in [7, 11) is 0. The summed E-state index contributed by atoms with van der Waals surface area (Å²) in [6, 6.07) is 12.2. The summed E-state index contributed by atoms with van der Waals surface area (Å²) < 4.78 is 14.6. The maximum atomic E-state index is 13.5. The predicted molar refractivity (Wildman–Crippen MR) is 77.3 cm³/mol. The summed E-state index contributed by atoms with van der Waals surface area (Å²) in [5, 5.41) is 13.4. The maximum absolute atomic E-state index is 13.5. The minimum atomic E-state index is -0.845. The standard InChI is InChI=1S/C15H10ClFOS/c16-12-6-5-9(7-13(12)17)15(18)11-8-19-14-4-2-1-3-10(11)14/h1-8,15,18H. The lowest BCUT2D eigenvalue weighted by molar-refractivity contribution is 0.222. The first-order chi connectivity index (χ1) is 9.16. The Labute approximate surface area is 118 Å². The molecule has 0 saturated heterocycles. The van der Waals surface area contributed by atoms with Crippen LogP contribution in [0.25, 0.3) is 10.1 Å². The molecule has 0 aliphatic rings. The molecule has 1 nitrogen and oxygen atoms in total. The lowest BCUT2D eigenvalue weighted by Crippen LogP contribution is -1.99. The van der Waals surface area contributed by atoms with Crippen LogP contribution in [0.4, 0.5) is 4.39 Å². The Hall–Kier alpha value is -1.42. The van der Waals surface area contributed by atoms with E-state index < -0.39 is 11.9 Å². The molecule has 1 atom stereocenters. The monoisotopic (exact) mass is 292 g/mol. The molecule has 0 fully saturated rings. The van der Waals surface area contributed by atoms with Gasteiger partial charge in [-0.3, -0.25) is 0 Å². The van der Waals surface area contributed by atoms with Crippen LogP contribution >= 0.6 is 22.9 Å². The molecule has 0 aliphatic heterocycles.